The Morgan fingerprint density at radius 1 is 1.47 bits per heavy atom. The van der Waals surface area contributed by atoms with Crippen molar-refractivity contribution >= 4 is 17.3 Å². The fourth-order valence-electron chi connectivity index (χ4n) is 1.95. The molecule has 0 saturated carbocycles. The van der Waals surface area contributed by atoms with Crippen LogP contribution in [0.3, 0.4) is 0 Å². The third kappa shape index (κ3) is 3.07. The highest BCUT2D eigenvalue weighted by Crippen LogP contribution is 2.23. The van der Waals surface area contributed by atoms with E-state index in [-0.39, 0.29) is 0 Å². The molecule has 0 aliphatic heterocycles. The number of halogens is 1. The minimum atomic E-state index is 0.556. The first-order valence-corrected chi connectivity index (χ1v) is 6.46. The highest BCUT2D eigenvalue weighted by atomic mass is 35.5. The molecular weight excluding hydrogens is 260 g/mol. The van der Waals surface area contributed by atoms with E-state index in [0.29, 0.717) is 17.1 Å². The van der Waals surface area contributed by atoms with Crippen LogP contribution in [0.1, 0.15) is 23.7 Å². The van der Waals surface area contributed by atoms with Crippen molar-refractivity contribution in [3.63, 3.8) is 0 Å². The Morgan fingerprint density at radius 3 is 2.89 bits per heavy atom. The van der Waals surface area contributed by atoms with Gasteiger partial charge in [0.05, 0.1) is 28.0 Å². The summed E-state index contributed by atoms with van der Waals surface area (Å²) < 4.78 is 1.82. The van der Waals surface area contributed by atoms with Crippen LogP contribution in [-0.4, -0.2) is 9.78 Å². The average molecular weight is 275 g/mol. The number of nitrogens with one attached hydrogen (secondary N) is 1. The second kappa shape index (κ2) is 5.77. The monoisotopic (exact) mass is 274 g/mol. The van der Waals surface area contributed by atoms with Crippen molar-refractivity contribution in [2.75, 3.05) is 5.32 Å². The van der Waals surface area contributed by atoms with Crippen molar-refractivity contribution in [3.8, 4) is 6.07 Å². The number of anilines is 1. The van der Waals surface area contributed by atoms with E-state index < -0.39 is 0 Å². The maximum atomic E-state index is 8.79. The molecule has 0 spiro atoms. The molecule has 2 rings (SSSR count). The van der Waals surface area contributed by atoms with Crippen molar-refractivity contribution in [3.05, 3.63) is 46.2 Å². The molecular formula is C14H15ClN4. The maximum Gasteiger partial charge on any atom is 0.0992 e. The predicted molar refractivity (Wildman–Crippen MR) is 76.1 cm³/mol. The Labute approximate surface area is 117 Å². The smallest absolute Gasteiger partial charge is 0.0992 e. The molecule has 5 heteroatoms. The number of aryl methyl sites for hydroxylation is 2. The molecule has 0 aliphatic rings. The summed E-state index contributed by atoms with van der Waals surface area (Å²) in [6, 6.07) is 7.30. The zero-order chi connectivity index (χ0) is 13.8. The van der Waals surface area contributed by atoms with Gasteiger partial charge in [-0.05, 0) is 24.6 Å². The highest BCUT2D eigenvalue weighted by Gasteiger charge is 2.07. The number of nitrogens with zero attached hydrogens (tertiary/aromatic N) is 3. The van der Waals surface area contributed by atoms with E-state index in [9.17, 15) is 0 Å². The lowest BCUT2D eigenvalue weighted by atomic mass is 10.2. The fourth-order valence-corrected chi connectivity index (χ4v) is 2.19. The van der Waals surface area contributed by atoms with Crippen molar-refractivity contribution in [1.29, 1.82) is 5.26 Å². The van der Waals surface area contributed by atoms with E-state index in [1.807, 2.05) is 24.0 Å². The molecule has 0 amide bonds. The van der Waals surface area contributed by atoms with Gasteiger partial charge in [-0.3, -0.25) is 4.68 Å². The molecule has 0 aliphatic carbocycles. The largest absolute Gasteiger partial charge is 0.380 e. The quantitative estimate of drug-likeness (QED) is 0.932. The molecule has 19 heavy (non-hydrogen) atoms. The number of rotatable bonds is 4. The van der Waals surface area contributed by atoms with Crippen molar-refractivity contribution < 1.29 is 0 Å². The Hall–Kier alpha value is -1.99. The maximum absolute atomic E-state index is 8.79. The number of aromatic nitrogens is 2. The van der Waals surface area contributed by atoms with Crippen LogP contribution in [-0.2, 0) is 20.0 Å². The van der Waals surface area contributed by atoms with E-state index in [1.165, 1.54) is 0 Å². The van der Waals surface area contributed by atoms with E-state index >= 15 is 0 Å². The molecule has 0 fully saturated rings. The second-order valence-electron chi connectivity index (χ2n) is 4.29. The van der Waals surface area contributed by atoms with E-state index in [1.54, 1.807) is 12.1 Å². The predicted octanol–water partition coefficient (Wildman–Crippen LogP) is 3.12. The minimum Gasteiger partial charge on any atom is -0.380 e. The first-order chi connectivity index (χ1) is 9.13. The number of hydrogen-bond donors (Lipinski definition) is 1. The molecule has 0 bridgehead atoms. The van der Waals surface area contributed by atoms with Crippen LogP contribution in [0.2, 0.25) is 5.02 Å². The molecule has 0 radical (unpaired) electrons. The van der Waals surface area contributed by atoms with Gasteiger partial charge < -0.3 is 5.32 Å². The van der Waals surface area contributed by atoms with E-state index in [0.717, 1.165) is 23.4 Å². The Bertz CT molecular complexity index is 625. The Kier molecular flexibility index (Phi) is 4.08. The fraction of sp³-hybridized carbons (Fsp3) is 0.286. The molecule has 1 heterocycles. The lowest BCUT2D eigenvalue weighted by molar-refractivity contribution is 0.746. The molecule has 98 valence electrons. The van der Waals surface area contributed by atoms with Crippen molar-refractivity contribution in [2.24, 2.45) is 7.05 Å². The highest BCUT2D eigenvalue weighted by molar-refractivity contribution is 6.33. The van der Waals surface area contributed by atoms with E-state index in [2.05, 4.69) is 23.4 Å². The average Bonchev–Trinajstić information content (AvgIpc) is 2.77. The van der Waals surface area contributed by atoms with Crippen LogP contribution in [0.4, 0.5) is 5.69 Å². The molecule has 4 nitrogen and oxygen atoms in total. The third-order valence-corrected chi connectivity index (χ3v) is 3.21. The Morgan fingerprint density at radius 2 is 2.26 bits per heavy atom. The van der Waals surface area contributed by atoms with Crippen LogP contribution >= 0.6 is 11.6 Å². The summed E-state index contributed by atoms with van der Waals surface area (Å²) in [5.74, 6) is 0. The van der Waals surface area contributed by atoms with Gasteiger partial charge in [0.25, 0.3) is 0 Å². The minimum absolute atomic E-state index is 0.556. The van der Waals surface area contributed by atoms with Gasteiger partial charge in [0.1, 0.15) is 0 Å². The summed E-state index contributed by atoms with van der Waals surface area (Å²) >= 11 is 6.12. The van der Waals surface area contributed by atoms with Gasteiger partial charge in [0.2, 0.25) is 0 Å². The first kappa shape index (κ1) is 13.4. The summed E-state index contributed by atoms with van der Waals surface area (Å²) in [6.45, 7) is 2.75. The SMILES string of the molecule is CCc1nn(C)cc1CNc1ccc(C#N)cc1Cl. The molecule has 2 aromatic rings. The standard InChI is InChI=1S/C14H15ClN4/c1-3-13-11(9-19(2)18-13)8-17-14-5-4-10(7-16)6-12(14)15/h4-6,9,17H,3,8H2,1-2H3. The zero-order valence-electron chi connectivity index (χ0n) is 10.9. The van der Waals surface area contributed by atoms with Gasteiger partial charge in [0.15, 0.2) is 0 Å². The number of hydrogen-bond acceptors (Lipinski definition) is 3. The molecule has 0 saturated heterocycles. The van der Waals surface area contributed by atoms with Gasteiger partial charge in [-0.25, -0.2) is 0 Å². The summed E-state index contributed by atoms with van der Waals surface area (Å²) in [6.07, 6.45) is 2.91. The van der Waals surface area contributed by atoms with Crippen LogP contribution < -0.4 is 5.32 Å². The van der Waals surface area contributed by atoms with Crippen LogP contribution in [0.15, 0.2) is 24.4 Å². The number of nitriles is 1. The lowest BCUT2D eigenvalue weighted by Gasteiger charge is -2.08. The van der Waals surface area contributed by atoms with E-state index in [4.69, 9.17) is 16.9 Å². The zero-order valence-corrected chi connectivity index (χ0v) is 11.7. The summed E-state index contributed by atoms with van der Waals surface area (Å²) in [5, 5.41) is 17.0. The van der Waals surface area contributed by atoms with Crippen LogP contribution in [0.5, 0.6) is 0 Å². The Balaban J connectivity index is 2.12. The summed E-state index contributed by atoms with van der Waals surface area (Å²) in [4.78, 5) is 0. The van der Waals surface area contributed by atoms with Gasteiger partial charge in [-0.2, -0.15) is 10.4 Å². The second-order valence-corrected chi connectivity index (χ2v) is 4.70. The summed E-state index contributed by atoms with van der Waals surface area (Å²) in [7, 11) is 1.91. The van der Waals surface area contributed by atoms with Crippen LogP contribution in [0.25, 0.3) is 0 Å². The molecule has 0 unspecified atom stereocenters. The van der Waals surface area contributed by atoms with Crippen molar-refractivity contribution in [1.82, 2.24) is 9.78 Å². The molecule has 1 aromatic carbocycles. The summed E-state index contributed by atoms with van der Waals surface area (Å²) in [5.41, 5.74) is 3.63. The number of benzene rings is 1. The molecule has 0 atom stereocenters. The van der Waals surface area contributed by atoms with Gasteiger partial charge in [0, 0.05) is 25.4 Å². The van der Waals surface area contributed by atoms with Crippen LogP contribution in [0, 0.1) is 11.3 Å². The van der Waals surface area contributed by atoms with Gasteiger partial charge in [-0.1, -0.05) is 18.5 Å². The normalized spacial score (nSPS) is 10.2. The third-order valence-electron chi connectivity index (χ3n) is 2.89. The lowest BCUT2D eigenvalue weighted by Crippen LogP contribution is -2.01. The van der Waals surface area contributed by atoms with Crippen molar-refractivity contribution in [2.45, 2.75) is 19.9 Å². The van der Waals surface area contributed by atoms with Gasteiger partial charge >= 0.3 is 0 Å². The molecule has 1 aromatic heterocycles. The van der Waals surface area contributed by atoms with Gasteiger partial charge in [-0.15, -0.1) is 0 Å². The first-order valence-electron chi connectivity index (χ1n) is 6.09. The topological polar surface area (TPSA) is 53.6 Å². The molecule has 1 N–H and O–H groups in total.